The number of hydrogen-bond acceptors (Lipinski definition) is 4. The SMILES string of the molecule is CCn1cc[n+](C)c1.O=S(=O)([N-]S(=O)(=O)C(F)(F)C(F)(F)F)C(F)(F)C(F)(F)F. The van der Waals surface area contributed by atoms with Crippen LogP contribution in [0.3, 0.4) is 0 Å². The van der Waals surface area contributed by atoms with Crippen molar-refractivity contribution in [2.75, 3.05) is 0 Å². The van der Waals surface area contributed by atoms with Crippen molar-refractivity contribution in [1.82, 2.24) is 4.57 Å². The highest BCUT2D eigenvalue weighted by Gasteiger charge is 2.68. The topological polar surface area (TPSA) is 91.2 Å². The Kier molecular flexibility index (Phi) is 7.78. The van der Waals surface area contributed by atoms with Gasteiger partial charge in [0, 0.05) is 0 Å². The standard InChI is InChI=1S/C6H11N2.C4F10NO4S2/c1-3-8-5-4-7(2)6-8;5-1(6,7)3(11,12)20(16,17)15-21(18,19)4(13,14)2(8,9)10/h4-6H,3H2,1-2H3;/q+1;-1. The number of nitrogens with zero attached hydrogens (tertiary/aromatic N) is 3. The molecular formula is C10H11F10N3O4S2. The molecule has 0 fully saturated rings. The van der Waals surface area contributed by atoms with Gasteiger partial charge < -0.3 is 4.13 Å². The fourth-order valence-electron chi connectivity index (χ4n) is 1.20. The maximum Gasteiger partial charge on any atom is 0.467 e. The lowest BCUT2D eigenvalue weighted by atomic mass is 10.7. The molecule has 0 aliphatic rings. The van der Waals surface area contributed by atoms with Gasteiger partial charge in [-0.25, -0.2) is 26.0 Å². The molecule has 0 radical (unpaired) electrons. The number of sulfonamides is 2. The van der Waals surface area contributed by atoms with Gasteiger partial charge in [-0.2, -0.15) is 43.9 Å². The highest BCUT2D eigenvalue weighted by atomic mass is 32.3. The summed E-state index contributed by atoms with van der Waals surface area (Å²) in [6.07, 6.45) is -7.86. The lowest BCUT2D eigenvalue weighted by Gasteiger charge is -2.31. The maximum absolute atomic E-state index is 12.3. The minimum absolute atomic E-state index is 0.422. The molecule has 0 saturated carbocycles. The second kappa shape index (κ2) is 8.25. The first kappa shape index (κ1) is 27.4. The molecule has 0 saturated heterocycles. The Morgan fingerprint density at radius 3 is 1.34 bits per heavy atom. The molecule has 0 aromatic carbocycles. The van der Waals surface area contributed by atoms with Crippen molar-refractivity contribution < 1.29 is 65.3 Å². The molecule has 29 heavy (non-hydrogen) atoms. The van der Waals surface area contributed by atoms with Gasteiger partial charge in [0.2, 0.25) is 6.33 Å². The monoisotopic (exact) mass is 491 g/mol. The summed E-state index contributed by atoms with van der Waals surface area (Å²) >= 11 is 0. The summed E-state index contributed by atoms with van der Waals surface area (Å²) in [6, 6.07) is 0. The van der Waals surface area contributed by atoms with Gasteiger partial charge in [0.1, 0.15) is 12.4 Å². The highest BCUT2D eigenvalue weighted by Crippen LogP contribution is 2.47. The van der Waals surface area contributed by atoms with E-state index in [0.29, 0.717) is 4.13 Å². The van der Waals surface area contributed by atoms with E-state index in [0.717, 1.165) is 6.54 Å². The molecule has 7 nitrogen and oxygen atoms in total. The second-order valence-electron chi connectivity index (χ2n) is 4.96. The van der Waals surface area contributed by atoms with Gasteiger partial charge in [-0.1, -0.05) is 0 Å². The van der Waals surface area contributed by atoms with E-state index < -0.39 is 42.9 Å². The summed E-state index contributed by atoms with van der Waals surface area (Å²) < 4.78 is 165. The van der Waals surface area contributed by atoms with E-state index in [9.17, 15) is 60.7 Å². The average molecular weight is 491 g/mol. The minimum atomic E-state index is -7.62. The van der Waals surface area contributed by atoms with Crippen LogP contribution in [0.1, 0.15) is 6.92 Å². The molecule has 1 aromatic rings. The molecule has 0 N–H and O–H groups in total. The van der Waals surface area contributed by atoms with Crippen LogP contribution in [-0.4, -0.2) is 44.3 Å². The molecule has 0 bridgehead atoms. The highest BCUT2D eigenvalue weighted by molar-refractivity contribution is 8.13. The molecule has 19 heteroatoms. The van der Waals surface area contributed by atoms with E-state index >= 15 is 0 Å². The number of alkyl halides is 10. The van der Waals surface area contributed by atoms with Crippen LogP contribution >= 0.6 is 0 Å². The second-order valence-corrected chi connectivity index (χ2v) is 8.49. The minimum Gasteiger partial charge on any atom is -0.425 e. The number of aryl methyl sites for hydroxylation is 2. The molecule has 0 aliphatic heterocycles. The third kappa shape index (κ3) is 5.93. The predicted molar refractivity (Wildman–Crippen MR) is 74.5 cm³/mol. The van der Waals surface area contributed by atoms with Crippen molar-refractivity contribution in [2.24, 2.45) is 7.05 Å². The predicted octanol–water partition coefficient (Wildman–Crippen LogP) is 2.66. The van der Waals surface area contributed by atoms with E-state index in [-0.39, 0.29) is 0 Å². The maximum atomic E-state index is 12.3. The van der Waals surface area contributed by atoms with Crippen LogP contribution in [0, 0.1) is 0 Å². The molecule has 0 unspecified atom stereocenters. The van der Waals surface area contributed by atoms with Crippen molar-refractivity contribution in [1.29, 1.82) is 0 Å². The van der Waals surface area contributed by atoms with Crippen LogP contribution in [0.5, 0.6) is 0 Å². The summed E-state index contributed by atoms with van der Waals surface area (Å²) in [5.41, 5.74) is 0. The van der Waals surface area contributed by atoms with Crippen LogP contribution in [-0.2, 0) is 33.6 Å². The van der Waals surface area contributed by atoms with Gasteiger partial charge in [-0.05, 0) is 6.92 Å². The van der Waals surface area contributed by atoms with Crippen LogP contribution in [0.4, 0.5) is 43.9 Å². The van der Waals surface area contributed by atoms with Crippen molar-refractivity contribution in [3.63, 3.8) is 0 Å². The summed E-state index contributed by atoms with van der Waals surface area (Å²) in [5, 5.41) is -14.0. The number of rotatable bonds is 5. The van der Waals surface area contributed by atoms with Crippen LogP contribution in [0.2, 0.25) is 0 Å². The van der Waals surface area contributed by atoms with Gasteiger partial charge in [-0.3, -0.25) is 0 Å². The number of aromatic nitrogens is 2. The first-order valence-electron chi connectivity index (χ1n) is 6.67. The quantitative estimate of drug-likeness (QED) is 0.468. The Hall–Kier alpha value is -1.63. The fraction of sp³-hybridized carbons (Fsp3) is 0.700. The van der Waals surface area contributed by atoms with Crippen molar-refractivity contribution in [3.05, 3.63) is 22.8 Å². The molecule has 1 aromatic heterocycles. The lowest BCUT2D eigenvalue weighted by Crippen LogP contribution is -2.48. The van der Waals surface area contributed by atoms with Crippen LogP contribution < -0.4 is 4.57 Å². The first-order chi connectivity index (χ1) is 12.5. The molecule has 0 amide bonds. The smallest absolute Gasteiger partial charge is 0.425 e. The summed E-state index contributed by atoms with van der Waals surface area (Å²) in [7, 11) is -13.2. The van der Waals surface area contributed by atoms with Crippen molar-refractivity contribution >= 4 is 20.0 Å². The number of hydrogen-bond donors (Lipinski definition) is 0. The Balaban J connectivity index is 0.000000807. The summed E-state index contributed by atoms with van der Waals surface area (Å²) in [4.78, 5) is 0. The molecule has 172 valence electrons. The van der Waals surface area contributed by atoms with Gasteiger partial charge in [-0.15, -0.1) is 0 Å². The largest absolute Gasteiger partial charge is 0.467 e. The van der Waals surface area contributed by atoms with E-state index in [1.807, 2.05) is 17.8 Å². The summed E-state index contributed by atoms with van der Waals surface area (Å²) in [6.45, 7) is 3.18. The van der Waals surface area contributed by atoms with E-state index in [4.69, 9.17) is 0 Å². The van der Waals surface area contributed by atoms with Crippen LogP contribution in [0.25, 0.3) is 4.13 Å². The summed E-state index contributed by atoms with van der Waals surface area (Å²) in [5.74, 6) is 0. The van der Waals surface area contributed by atoms with E-state index in [1.54, 1.807) is 0 Å². The molecule has 0 spiro atoms. The lowest BCUT2D eigenvalue weighted by molar-refractivity contribution is -0.671. The van der Waals surface area contributed by atoms with Crippen LogP contribution in [0.15, 0.2) is 18.7 Å². The first-order valence-corrected chi connectivity index (χ1v) is 9.55. The Bertz CT molecular complexity index is 849. The normalized spacial score (nSPS) is 14.3. The third-order valence-electron chi connectivity index (χ3n) is 2.69. The zero-order chi connectivity index (χ0) is 23.7. The van der Waals surface area contributed by atoms with E-state index in [1.165, 1.54) is 0 Å². The molecule has 1 rings (SSSR count). The van der Waals surface area contributed by atoms with Crippen molar-refractivity contribution in [3.8, 4) is 0 Å². The van der Waals surface area contributed by atoms with Gasteiger partial charge in [0.25, 0.3) is 0 Å². The van der Waals surface area contributed by atoms with Gasteiger partial charge >= 0.3 is 22.9 Å². The van der Waals surface area contributed by atoms with Crippen molar-refractivity contribution in [2.45, 2.75) is 36.3 Å². The van der Waals surface area contributed by atoms with Gasteiger partial charge in [0.15, 0.2) is 20.0 Å². The Morgan fingerprint density at radius 2 is 1.17 bits per heavy atom. The number of halogens is 10. The average Bonchev–Trinajstić information content (AvgIpc) is 2.90. The molecule has 0 aliphatic carbocycles. The van der Waals surface area contributed by atoms with E-state index in [2.05, 4.69) is 24.0 Å². The zero-order valence-electron chi connectivity index (χ0n) is 14.0. The zero-order valence-corrected chi connectivity index (χ0v) is 15.6. The third-order valence-corrected chi connectivity index (χ3v) is 6.02. The molecule has 1 heterocycles. The molecule has 0 atom stereocenters. The van der Waals surface area contributed by atoms with Gasteiger partial charge in [0.05, 0.1) is 13.6 Å². The number of imidazole rings is 1. The molecular weight excluding hydrogens is 480 g/mol. The fourth-order valence-corrected chi connectivity index (χ4v) is 3.57. The Labute approximate surface area is 157 Å². The Morgan fingerprint density at radius 1 is 0.828 bits per heavy atom.